The van der Waals surface area contributed by atoms with Gasteiger partial charge in [-0.3, -0.25) is 4.79 Å². The molecule has 0 amide bonds. The van der Waals surface area contributed by atoms with Crippen molar-refractivity contribution in [1.29, 1.82) is 0 Å². The second-order valence-corrected chi connectivity index (χ2v) is 18.2. The first kappa shape index (κ1) is 58.8. The Morgan fingerprint density at radius 1 is 0.383 bits per heavy atom. The standard InChI is InChI=1S/C54H106N2O4/c1-3-5-7-9-11-13-15-16-17-18-19-20-22-28-34-40-46-56(50-52-58)48-42-36-30-25-26-32-38-44-54(59)60-53-43-37-31-24-23-29-35-41-47-55(49-51-57)45-39-33-27-21-14-12-10-8-6-4-2/h11,13,16-17,57-58H,3-10,12,14-15,18-53H2,1-2H3/b13-11-,17-16-. The normalized spacial score (nSPS) is 12.0. The summed E-state index contributed by atoms with van der Waals surface area (Å²) >= 11 is 0. The fourth-order valence-corrected chi connectivity index (χ4v) is 8.35. The van der Waals surface area contributed by atoms with Gasteiger partial charge < -0.3 is 24.7 Å². The summed E-state index contributed by atoms with van der Waals surface area (Å²) in [5.41, 5.74) is 0. The number of hydrogen-bond donors (Lipinski definition) is 2. The van der Waals surface area contributed by atoms with Crippen LogP contribution < -0.4 is 0 Å². The van der Waals surface area contributed by atoms with Crippen LogP contribution in [0.3, 0.4) is 0 Å². The van der Waals surface area contributed by atoms with Gasteiger partial charge in [-0.05, 0) is 96.8 Å². The average molecular weight is 847 g/mol. The molecule has 0 unspecified atom stereocenters. The zero-order valence-electron chi connectivity index (χ0n) is 40.6. The molecule has 2 N–H and O–H groups in total. The first-order chi connectivity index (χ1) is 29.7. The first-order valence-electron chi connectivity index (χ1n) is 26.8. The molecule has 0 saturated heterocycles. The van der Waals surface area contributed by atoms with E-state index in [9.17, 15) is 15.0 Å². The van der Waals surface area contributed by atoms with Crippen molar-refractivity contribution in [2.45, 2.75) is 258 Å². The van der Waals surface area contributed by atoms with Crippen LogP contribution in [0, 0.1) is 0 Å². The van der Waals surface area contributed by atoms with Crippen LogP contribution in [0.25, 0.3) is 0 Å². The van der Waals surface area contributed by atoms with Crippen LogP contribution in [0.2, 0.25) is 0 Å². The van der Waals surface area contributed by atoms with Crippen molar-refractivity contribution in [2.24, 2.45) is 0 Å². The minimum absolute atomic E-state index is 0.0119. The summed E-state index contributed by atoms with van der Waals surface area (Å²) in [6, 6.07) is 0. The van der Waals surface area contributed by atoms with E-state index in [1.54, 1.807) is 0 Å². The molecule has 0 heterocycles. The largest absolute Gasteiger partial charge is 0.466 e. The highest BCUT2D eigenvalue weighted by Crippen LogP contribution is 2.14. The molecule has 0 saturated carbocycles. The van der Waals surface area contributed by atoms with E-state index < -0.39 is 0 Å². The summed E-state index contributed by atoms with van der Waals surface area (Å²) < 4.78 is 5.51. The van der Waals surface area contributed by atoms with E-state index in [0.717, 1.165) is 71.4 Å². The van der Waals surface area contributed by atoms with Gasteiger partial charge in [-0.25, -0.2) is 0 Å². The maximum Gasteiger partial charge on any atom is 0.305 e. The Bertz CT molecular complexity index is 880. The van der Waals surface area contributed by atoms with Crippen LogP contribution >= 0.6 is 0 Å². The molecule has 60 heavy (non-hydrogen) atoms. The zero-order chi connectivity index (χ0) is 43.5. The predicted molar refractivity (Wildman–Crippen MR) is 263 cm³/mol. The minimum Gasteiger partial charge on any atom is -0.466 e. The lowest BCUT2D eigenvalue weighted by molar-refractivity contribution is -0.143. The highest BCUT2D eigenvalue weighted by Gasteiger charge is 2.07. The Labute approximate surface area is 375 Å². The summed E-state index contributed by atoms with van der Waals surface area (Å²) in [6.45, 7) is 11.8. The van der Waals surface area contributed by atoms with E-state index in [1.807, 2.05) is 0 Å². The van der Waals surface area contributed by atoms with Crippen molar-refractivity contribution in [3.63, 3.8) is 0 Å². The molecule has 356 valence electrons. The van der Waals surface area contributed by atoms with Crippen LogP contribution in [0.1, 0.15) is 258 Å². The van der Waals surface area contributed by atoms with Gasteiger partial charge in [0.2, 0.25) is 0 Å². The number of ether oxygens (including phenoxy) is 1. The van der Waals surface area contributed by atoms with Crippen LogP contribution in [0.5, 0.6) is 0 Å². The third-order valence-electron chi connectivity index (χ3n) is 12.3. The lowest BCUT2D eigenvalue weighted by Gasteiger charge is -2.21. The summed E-state index contributed by atoms with van der Waals surface area (Å²) in [5.74, 6) is -0.0119. The molecule has 0 aliphatic rings. The number of carbonyl (C=O) groups is 1. The number of aliphatic hydroxyl groups is 2. The molecule has 0 aliphatic heterocycles. The molecule has 0 fully saturated rings. The van der Waals surface area contributed by atoms with Gasteiger partial charge in [0.1, 0.15) is 0 Å². The number of aliphatic hydroxyl groups excluding tert-OH is 2. The summed E-state index contributed by atoms with van der Waals surface area (Å²) in [6.07, 6.45) is 57.2. The molecule has 6 heteroatoms. The lowest BCUT2D eigenvalue weighted by atomic mass is 10.1. The summed E-state index contributed by atoms with van der Waals surface area (Å²) in [5, 5.41) is 19.0. The number of rotatable bonds is 51. The number of carbonyl (C=O) groups excluding carboxylic acids is 1. The molecular weight excluding hydrogens is 741 g/mol. The average Bonchev–Trinajstić information content (AvgIpc) is 3.25. The fraction of sp³-hybridized carbons (Fsp3) is 0.907. The van der Waals surface area contributed by atoms with Crippen molar-refractivity contribution in [3.8, 4) is 0 Å². The Morgan fingerprint density at radius 2 is 0.700 bits per heavy atom. The van der Waals surface area contributed by atoms with E-state index in [2.05, 4.69) is 48.0 Å². The Hall–Kier alpha value is -1.21. The van der Waals surface area contributed by atoms with Crippen molar-refractivity contribution in [1.82, 2.24) is 9.80 Å². The molecule has 0 bridgehead atoms. The molecule has 0 spiro atoms. The SMILES string of the molecule is CCCCC/C=C\C/C=C\CCCCCCCCN(CCO)CCCCCCCCCC(=O)OCCCCCCCCCCN(CCO)CCCCCCCCCCCC. The zero-order valence-corrected chi connectivity index (χ0v) is 40.6. The minimum atomic E-state index is -0.0119. The maximum absolute atomic E-state index is 12.2. The van der Waals surface area contributed by atoms with Gasteiger partial charge >= 0.3 is 5.97 Å². The topological polar surface area (TPSA) is 73.2 Å². The van der Waals surface area contributed by atoms with E-state index in [-0.39, 0.29) is 19.2 Å². The van der Waals surface area contributed by atoms with Crippen LogP contribution in [0.15, 0.2) is 24.3 Å². The highest BCUT2D eigenvalue weighted by molar-refractivity contribution is 5.69. The monoisotopic (exact) mass is 847 g/mol. The first-order valence-corrected chi connectivity index (χ1v) is 26.8. The number of hydrogen-bond acceptors (Lipinski definition) is 6. The van der Waals surface area contributed by atoms with E-state index in [0.29, 0.717) is 13.0 Å². The van der Waals surface area contributed by atoms with Gasteiger partial charge in [0.05, 0.1) is 19.8 Å². The van der Waals surface area contributed by atoms with Gasteiger partial charge in [0.15, 0.2) is 0 Å². The molecule has 6 nitrogen and oxygen atoms in total. The highest BCUT2D eigenvalue weighted by atomic mass is 16.5. The number of allylic oxidation sites excluding steroid dienone is 4. The van der Waals surface area contributed by atoms with Crippen molar-refractivity contribution < 1.29 is 19.7 Å². The van der Waals surface area contributed by atoms with E-state index in [1.165, 1.54) is 205 Å². The van der Waals surface area contributed by atoms with Crippen molar-refractivity contribution >= 4 is 5.97 Å². The van der Waals surface area contributed by atoms with Gasteiger partial charge in [-0.2, -0.15) is 0 Å². The molecular formula is C54H106N2O4. The van der Waals surface area contributed by atoms with E-state index in [4.69, 9.17) is 4.74 Å². The van der Waals surface area contributed by atoms with Crippen molar-refractivity contribution in [3.05, 3.63) is 24.3 Å². The molecule has 0 atom stereocenters. The second kappa shape index (κ2) is 52.1. The fourth-order valence-electron chi connectivity index (χ4n) is 8.35. The van der Waals surface area contributed by atoms with Crippen LogP contribution in [-0.2, 0) is 9.53 Å². The predicted octanol–water partition coefficient (Wildman–Crippen LogP) is 15.1. The third kappa shape index (κ3) is 47.8. The van der Waals surface area contributed by atoms with Crippen LogP contribution in [0.4, 0.5) is 0 Å². The quantitative estimate of drug-likeness (QED) is 0.0361. The number of nitrogens with zero attached hydrogens (tertiary/aromatic N) is 2. The molecule has 0 aliphatic carbocycles. The molecule has 0 rings (SSSR count). The van der Waals surface area contributed by atoms with Gasteiger partial charge in [0, 0.05) is 19.5 Å². The second-order valence-electron chi connectivity index (χ2n) is 18.2. The third-order valence-corrected chi connectivity index (χ3v) is 12.3. The Kier molecular flexibility index (Phi) is 51.1. The molecule has 0 radical (unpaired) electrons. The Morgan fingerprint density at radius 3 is 1.10 bits per heavy atom. The lowest BCUT2D eigenvalue weighted by Crippen LogP contribution is -2.29. The maximum atomic E-state index is 12.2. The van der Waals surface area contributed by atoms with E-state index >= 15 is 0 Å². The summed E-state index contributed by atoms with van der Waals surface area (Å²) in [7, 11) is 0. The van der Waals surface area contributed by atoms with Gasteiger partial charge in [-0.1, -0.05) is 205 Å². The van der Waals surface area contributed by atoms with Crippen molar-refractivity contribution in [2.75, 3.05) is 59.1 Å². The smallest absolute Gasteiger partial charge is 0.305 e. The molecule has 0 aromatic carbocycles. The summed E-state index contributed by atoms with van der Waals surface area (Å²) in [4.78, 5) is 17.1. The Balaban J connectivity index is 3.54. The van der Waals surface area contributed by atoms with Crippen LogP contribution in [-0.4, -0.2) is 85.1 Å². The number of unbranched alkanes of at least 4 members (excludes halogenated alkanes) is 31. The van der Waals surface area contributed by atoms with Gasteiger partial charge in [0.25, 0.3) is 0 Å². The van der Waals surface area contributed by atoms with Gasteiger partial charge in [-0.15, -0.1) is 0 Å². The molecule has 0 aromatic heterocycles. The number of esters is 1. The molecule has 0 aromatic rings.